The molecular weight excluding hydrogens is 775 g/mol. The molecule has 2 N–H and O–H groups in total. The van der Waals surface area contributed by atoms with Crippen LogP contribution in [0.25, 0.3) is 0 Å². The van der Waals surface area contributed by atoms with E-state index in [1.807, 2.05) is 34.6 Å². The third-order valence-corrected chi connectivity index (χ3v) is 15.5. The van der Waals surface area contributed by atoms with Gasteiger partial charge in [0.25, 0.3) is 0 Å². The Balaban J connectivity index is 0.000000231. The van der Waals surface area contributed by atoms with Crippen molar-refractivity contribution in [2.75, 3.05) is 6.61 Å². The average Bonchev–Trinajstić information content (AvgIpc) is 4.00. The highest BCUT2D eigenvalue weighted by molar-refractivity contribution is 5.80. The van der Waals surface area contributed by atoms with Crippen LogP contribution < -0.4 is 5.32 Å². The van der Waals surface area contributed by atoms with Crippen LogP contribution in [0.15, 0.2) is 0 Å². The lowest BCUT2D eigenvalue weighted by Gasteiger charge is -2.32. The van der Waals surface area contributed by atoms with E-state index >= 15 is 0 Å². The van der Waals surface area contributed by atoms with E-state index in [1.165, 1.54) is 44.9 Å². The van der Waals surface area contributed by atoms with Gasteiger partial charge >= 0.3 is 11.9 Å². The molecule has 0 saturated heterocycles. The Morgan fingerprint density at radius 3 is 1.56 bits per heavy atom. The SMILES string of the molecule is CC(C)C1CC2CC1CC2C(=O)NC1CCC(O)CC1.CC(C)C1CCCC(C(=O)OC(C)(C)C)C1.CC(C)CC(C)C.CCOC(CC)OC(=O)C1CC2CC1CC2C(C)C. The summed E-state index contributed by atoms with van der Waals surface area (Å²) in [6.45, 7) is 33.2. The van der Waals surface area contributed by atoms with Crippen LogP contribution in [0.1, 0.15) is 207 Å². The Bertz CT molecular complexity index is 1310. The van der Waals surface area contributed by atoms with Crippen LogP contribution in [-0.2, 0) is 28.6 Å². The molecule has 11 unspecified atom stereocenters. The molecule has 0 spiro atoms. The molecule has 0 heterocycles. The number of aliphatic hydroxyl groups excluding tert-OH is 1. The highest BCUT2D eigenvalue weighted by Crippen LogP contribution is 2.55. The quantitative estimate of drug-likeness (QED) is 0.140. The third kappa shape index (κ3) is 17.6. The Kier molecular flexibility index (Phi) is 22.8. The first-order valence-electron chi connectivity index (χ1n) is 26.1. The summed E-state index contributed by atoms with van der Waals surface area (Å²) in [6, 6.07) is 0.311. The van der Waals surface area contributed by atoms with Gasteiger partial charge < -0.3 is 24.6 Å². The number of nitrogens with one attached hydrogen (secondary N) is 1. The molecule has 6 aliphatic carbocycles. The minimum Gasteiger partial charge on any atom is -0.460 e. The van der Waals surface area contributed by atoms with Gasteiger partial charge in [-0.3, -0.25) is 14.4 Å². The standard InChI is InChI=1S/C17H29NO2.C16H28O3.C14H26O2.C7H16/c1-10(2)15-8-12-7-11(15)9-16(12)17(20)18-13-3-5-14(19)6-4-13;1-5-15(18-6-2)19-16(17)14-9-11-7-12(14)8-13(11)10(3)4;1-10(2)11-7-6-8-12(9-11)13(15)16-14(3,4)5;1-6(2)5-7(3)4/h10-16,19H,3-9H2,1-2H3,(H,18,20);10-15H,5-9H2,1-4H3;10-12H,6-9H2,1-5H3;6-7H,5H2,1-4H3. The number of carbonyl (C=O) groups excluding carboxylic acids is 3. The largest absolute Gasteiger partial charge is 0.460 e. The van der Waals surface area contributed by atoms with Crippen LogP contribution in [0.4, 0.5) is 0 Å². The summed E-state index contributed by atoms with van der Waals surface area (Å²) in [5, 5.41) is 12.8. The molecule has 11 atom stereocenters. The molecule has 8 nitrogen and oxygen atoms in total. The Labute approximate surface area is 381 Å². The van der Waals surface area contributed by atoms with E-state index in [0.717, 1.165) is 105 Å². The van der Waals surface area contributed by atoms with Crippen molar-refractivity contribution in [3.05, 3.63) is 0 Å². The molecule has 6 aliphatic rings. The summed E-state index contributed by atoms with van der Waals surface area (Å²) in [5.41, 5.74) is -0.345. The fourth-order valence-electron chi connectivity index (χ4n) is 12.4. The van der Waals surface area contributed by atoms with Gasteiger partial charge in [-0.1, -0.05) is 89.0 Å². The number of amides is 1. The molecule has 4 bridgehead atoms. The zero-order chi connectivity index (χ0) is 46.5. The summed E-state index contributed by atoms with van der Waals surface area (Å²) in [6.07, 6.45) is 16.8. The maximum atomic E-state index is 12.5. The third-order valence-electron chi connectivity index (χ3n) is 15.5. The van der Waals surface area contributed by atoms with Gasteiger partial charge in [0.15, 0.2) is 0 Å². The highest BCUT2D eigenvalue weighted by atomic mass is 16.7. The van der Waals surface area contributed by atoms with Crippen molar-refractivity contribution >= 4 is 17.8 Å². The second-order valence-electron chi connectivity index (χ2n) is 23.7. The molecule has 0 aromatic carbocycles. The van der Waals surface area contributed by atoms with Gasteiger partial charge in [-0.2, -0.15) is 0 Å². The van der Waals surface area contributed by atoms with Gasteiger partial charge in [0, 0.05) is 25.0 Å². The van der Waals surface area contributed by atoms with Gasteiger partial charge in [0.05, 0.1) is 17.9 Å². The number of esters is 2. The van der Waals surface area contributed by atoms with Crippen LogP contribution in [0, 0.1) is 88.8 Å². The first-order valence-corrected chi connectivity index (χ1v) is 26.1. The van der Waals surface area contributed by atoms with E-state index in [0.29, 0.717) is 42.2 Å². The summed E-state index contributed by atoms with van der Waals surface area (Å²) >= 11 is 0. The number of carbonyl (C=O) groups is 3. The number of fused-ring (bicyclic) bond motifs is 4. The van der Waals surface area contributed by atoms with Crippen molar-refractivity contribution < 1.29 is 33.7 Å². The second kappa shape index (κ2) is 25.9. The Morgan fingerprint density at radius 2 is 1.16 bits per heavy atom. The minimum absolute atomic E-state index is 0.0119. The number of hydrogen-bond acceptors (Lipinski definition) is 7. The van der Waals surface area contributed by atoms with Crippen LogP contribution in [0.5, 0.6) is 0 Å². The van der Waals surface area contributed by atoms with Crippen LogP contribution in [0.2, 0.25) is 0 Å². The zero-order valence-corrected chi connectivity index (χ0v) is 42.8. The summed E-state index contributed by atoms with van der Waals surface area (Å²) < 4.78 is 16.4. The fourth-order valence-corrected chi connectivity index (χ4v) is 12.4. The lowest BCUT2D eigenvalue weighted by Crippen LogP contribution is -2.43. The highest BCUT2D eigenvalue weighted by Gasteiger charge is 2.51. The molecule has 0 radical (unpaired) electrons. The van der Waals surface area contributed by atoms with Gasteiger partial charge in [0.2, 0.25) is 12.2 Å². The summed E-state index contributed by atoms with van der Waals surface area (Å²) in [5.74, 6) is 9.93. The minimum atomic E-state index is -0.350. The maximum absolute atomic E-state index is 12.5. The predicted octanol–water partition coefficient (Wildman–Crippen LogP) is 12.8. The van der Waals surface area contributed by atoms with E-state index in [9.17, 15) is 19.5 Å². The molecule has 0 aliphatic heterocycles. The maximum Gasteiger partial charge on any atom is 0.311 e. The number of rotatable bonds is 13. The summed E-state index contributed by atoms with van der Waals surface area (Å²) in [4.78, 5) is 36.7. The zero-order valence-electron chi connectivity index (χ0n) is 42.8. The van der Waals surface area contributed by atoms with Crippen LogP contribution in [0.3, 0.4) is 0 Å². The van der Waals surface area contributed by atoms with Crippen molar-refractivity contribution in [1.29, 1.82) is 0 Å². The first-order chi connectivity index (χ1) is 29.0. The molecule has 0 aromatic heterocycles. The lowest BCUT2D eigenvalue weighted by molar-refractivity contribution is -0.185. The smallest absolute Gasteiger partial charge is 0.311 e. The van der Waals surface area contributed by atoms with Crippen molar-refractivity contribution in [1.82, 2.24) is 5.32 Å². The summed E-state index contributed by atoms with van der Waals surface area (Å²) in [7, 11) is 0. The molecule has 6 saturated carbocycles. The molecule has 62 heavy (non-hydrogen) atoms. The van der Waals surface area contributed by atoms with E-state index in [1.54, 1.807) is 0 Å². The monoisotopic (exact) mass is 874 g/mol. The average molecular weight is 874 g/mol. The van der Waals surface area contributed by atoms with Crippen LogP contribution >= 0.6 is 0 Å². The Hall–Kier alpha value is -1.67. The molecule has 8 heteroatoms. The van der Waals surface area contributed by atoms with E-state index in [4.69, 9.17) is 14.2 Å². The van der Waals surface area contributed by atoms with Crippen LogP contribution in [-0.4, -0.2) is 53.6 Å². The molecule has 6 fully saturated rings. The lowest BCUT2D eigenvalue weighted by atomic mass is 9.76. The predicted molar refractivity (Wildman–Crippen MR) is 254 cm³/mol. The first kappa shape index (κ1) is 54.7. The van der Waals surface area contributed by atoms with E-state index < -0.39 is 0 Å². The normalized spacial score (nSPS) is 33.0. The fraction of sp³-hybridized carbons (Fsp3) is 0.944. The van der Waals surface area contributed by atoms with Gasteiger partial charge in [0.1, 0.15) is 5.60 Å². The topological polar surface area (TPSA) is 111 Å². The van der Waals surface area contributed by atoms with Crippen molar-refractivity contribution in [3.8, 4) is 0 Å². The second-order valence-corrected chi connectivity index (χ2v) is 23.7. The van der Waals surface area contributed by atoms with Crippen molar-refractivity contribution in [2.45, 2.75) is 231 Å². The molecular formula is C54H99NO7. The molecule has 6 rings (SSSR count). The molecule has 1 amide bonds. The van der Waals surface area contributed by atoms with Crippen molar-refractivity contribution in [2.24, 2.45) is 88.8 Å². The van der Waals surface area contributed by atoms with E-state index in [-0.39, 0.29) is 47.7 Å². The van der Waals surface area contributed by atoms with Gasteiger partial charge in [-0.15, -0.1) is 0 Å². The van der Waals surface area contributed by atoms with Gasteiger partial charge in [-0.05, 0) is 182 Å². The molecule has 362 valence electrons. The number of aliphatic hydroxyl groups is 1. The van der Waals surface area contributed by atoms with Crippen molar-refractivity contribution in [3.63, 3.8) is 0 Å². The number of hydrogen-bond donors (Lipinski definition) is 2. The number of ether oxygens (including phenoxy) is 3. The van der Waals surface area contributed by atoms with E-state index in [2.05, 4.69) is 74.6 Å². The molecule has 0 aromatic rings. The Morgan fingerprint density at radius 1 is 0.629 bits per heavy atom. The van der Waals surface area contributed by atoms with Gasteiger partial charge in [-0.25, -0.2) is 0 Å².